The van der Waals surface area contributed by atoms with Gasteiger partial charge in [-0.3, -0.25) is 4.79 Å². The van der Waals surface area contributed by atoms with Crippen LogP contribution in [0.25, 0.3) is 0 Å². The van der Waals surface area contributed by atoms with E-state index in [-0.39, 0.29) is 28.9 Å². The van der Waals surface area contributed by atoms with Crippen molar-refractivity contribution in [2.75, 3.05) is 54.1 Å². The number of hydrogen-bond donors (Lipinski definition) is 2. The molecule has 1 aliphatic heterocycles. The van der Waals surface area contributed by atoms with E-state index in [0.29, 0.717) is 19.4 Å². The summed E-state index contributed by atoms with van der Waals surface area (Å²) in [6, 6.07) is 11.8. The summed E-state index contributed by atoms with van der Waals surface area (Å²) in [6.07, 6.45) is 3.13. The van der Waals surface area contributed by atoms with E-state index in [4.69, 9.17) is 9.47 Å². The molecule has 0 aliphatic carbocycles. The van der Waals surface area contributed by atoms with Gasteiger partial charge in [0.2, 0.25) is 6.41 Å². The summed E-state index contributed by atoms with van der Waals surface area (Å²) in [5.74, 6) is -3.12. The van der Waals surface area contributed by atoms with E-state index in [2.05, 4.69) is 46.7 Å². The molecule has 0 bridgehead atoms. The largest absolute Gasteiger partial charge is 0.466 e. The molecule has 11 heteroatoms. The Morgan fingerprint density at radius 3 is 2.38 bits per heavy atom. The first kappa shape index (κ1) is 32.7. The molecule has 2 aromatic rings. The van der Waals surface area contributed by atoms with E-state index in [1.54, 1.807) is 0 Å². The lowest BCUT2D eigenvalue weighted by Gasteiger charge is -2.40. The molecule has 0 aromatic heterocycles. The molecule has 2 aromatic carbocycles. The predicted molar refractivity (Wildman–Crippen MR) is 154 cm³/mol. The van der Waals surface area contributed by atoms with E-state index < -0.39 is 29.7 Å². The smallest absolute Gasteiger partial charge is 0.338 e. The Hall–Kier alpha value is -3.83. The fourth-order valence-electron chi connectivity index (χ4n) is 5.33. The van der Waals surface area contributed by atoms with Crippen molar-refractivity contribution in [2.24, 2.45) is 0 Å². The van der Waals surface area contributed by atoms with Crippen molar-refractivity contribution in [1.82, 2.24) is 20.4 Å². The van der Waals surface area contributed by atoms with Gasteiger partial charge in [-0.1, -0.05) is 43.3 Å². The van der Waals surface area contributed by atoms with Crippen LogP contribution < -0.4 is 10.6 Å². The molecule has 1 atom stereocenters. The van der Waals surface area contributed by atoms with Crippen LogP contribution >= 0.6 is 0 Å². The zero-order valence-electron chi connectivity index (χ0n) is 24.6. The lowest BCUT2D eigenvalue weighted by atomic mass is 9.74. The number of carbonyl (C=O) groups excluding carboxylic acids is 3. The molecular formula is C31H40F2N4O5. The standard InChI is InChI=1S/C31H40F2N4O5/c1-31(23-9-6-5-7-10-23)13-17-37(18-14-31)16-8-15-34-30(40)36(2)28(22-11-12-24(32)25(33)19-22)27(29(39)42-4)26(20-41-3)35-21-38/h5-7,9-12,19,21,28H,8,13-18,20H2,1-4H3,(H,34,40)(H,35,38)/b27-26+. The van der Waals surface area contributed by atoms with Gasteiger partial charge in [-0.2, -0.15) is 0 Å². The molecular weight excluding hydrogens is 546 g/mol. The highest BCUT2D eigenvalue weighted by atomic mass is 19.2. The van der Waals surface area contributed by atoms with Gasteiger partial charge in [-0.05, 0) is 67.6 Å². The van der Waals surface area contributed by atoms with Crippen molar-refractivity contribution < 1.29 is 32.6 Å². The molecule has 9 nitrogen and oxygen atoms in total. The van der Waals surface area contributed by atoms with E-state index in [0.717, 1.165) is 51.7 Å². The summed E-state index contributed by atoms with van der Waals surface area (Å²) >= 11 is 0. The van der Waals surface area contributed by atoms with Gasteiger partial charge in [0.1, 0.15) is 0 Å². The lowest BCUT2D eigenvalue weighted by molar-refractivity contribution is -0.136. The summed E-state index contributed by atoms with van der Waals surface area (Å²) in [5.41, 5.74) is 1.46. The number of piperidine rings is 1. The summed E-state index contributed by atoms with van der Waals surface area (Å²) in [7, 11) is 3.92. The second-order valence-corrected chi connectivity index (χ2v) is 10.6. The van der Waals surface area contributed by atoms with Gasteiger partial charge < -0.3 is 29.9 Å². The highest BCUT2D eigenvalue weighted by Crippen LogP contribution is 2.35. The number of rotatable bonds is 13. The number of likely N-dealkylation sites (tertiary alicyclic amines) is 1. The molecule has 1 heterocycles. The number of ether oxygens (including phenoxy) is 2. The quantitative estimate of drug-likeness (QED) is 0.160. The third kappa shape index (κ3) is 8.13. The van der Waals surface area contributed by atoms with Crippen LogP contribution in [-0.4, -0.2) is 82.3 Å². The van der Waals surface area contributed by atoms with Crippen molar-refractivity contribution in [3.8, 4) is 0 Å². The number of halogens is 2. The van der Waals surface area contributed by atoms with Crippen LogP contribution in [0.1, 0.15) is 43.4 Å². The number of nitrogens with one attached hydrogen (secondary N) is 2. The first-order chi connectivity index (χ1) is 20.1. The molecule has 1 unspecified atom stereocenters. The fourth-order valence-corrected chi connectivity index (χ4v) is 5.33. The normalized spacial score (nSPS) is 16.1. The van der Waals surface area contributed by atoms with Crippen molar-refractivity contribution in [3.63, 3.8) is 0 Å². The lowest BCUT2D eigenvalue weighted by Crippen LogP contribution is -2.44. The topological polar surface area (TPSA) is 100 Å². The maximum Gasteiger partial charge on any atom is 0.338 e. The van der Waals surface area contributed by atoms with Crippen molar-refractivity contribution in [3.05, 3.63) is 82.6 Å². The Morgan fingerprint density at radius 2 is 1.79 bits per heavy atom. The third-order valence-electron chi connectivity index (χ3n) is 7.85. The molecule has 1 fully saturated rings. The average molecular weight is 587 g/mol. The van der Waals surface area contributed by atoms with Gasteiger partial charge in [0.15, 0.2) is 11.6 Å². The number of hydrogen-bond acceptors (Lipinski definition) is 6. The molecule has 1 aliphatic rings. The Labute approximate surface area is 245 Å². The minimum absolute atomic E-state index is 0.0151. The summed E-state index contributed by atoms with van der Waals surface area (Å²) in [4.78, 5) is 41.1. The number of nitrogens with zero attached hydrogens (tertiary/aromatic N) is 2. The SMILES string of the molecule is COC/C(NC=O)=C(\C(=O)OC)C(c1ccc(F)c(F)c1)N(C)C(=O)NCCCN1CCC(C)(c2ccccc2)CC1. The second kappa shape index (κ2) is 15.4. The number of esters is 1. The van der Waals surface area contributed by atoms with E-state index in [1.807, 2.05) is 6.07 Å². The van der Waals surface area contributed by atoms with Crippen molar-refractivity contribution in [1.29, 1.82) is 0 Å². The van der Waals surface area contributed by atoms with Gasteiger partial charge >= 0.3 is 12.0 Å². The number of methoxy groups -OCH3 is 2. The molecule has 228 valence electrons. The molecule has 42 heavy (non-hydrogen) atoms. The van der Waals surface area contributed by atoms with Crippen LogP contribution in [0.3, 0.4) is 0 Å². The summed E-state index contributed by atoms with van der Waals surface area (Å²) in [5, 5.41) is 5.27. The maximum atomic E-state index is 14.3. The van der Waals surface area contributed by atoms with Crippen LogP contribution in [0.15, 0.2) is 59.8 Å². The Balaban J connectivity index is 1.70. The Kier molecular flexibility index (Phi) is 12.0. The van der Waals surface area contributed by atoms with Crippen LogP contribution in [0.5, 0.6) is 0 Å². The molecule has 2 N–H and O–H groups in total. The Bertz CT molecular complexity index is 1250. The van der Waals surface area contributed by atoms with Crippen molar-refractivity contribution in [2.45, 2.75) is 37.6 Å². The van der Waals surface area contributed by atoms with Gasteiger partial charge in [0.25, 0.3) is 0 Å². The van der Waals surface area contributed by atoms with Crippen LogP contribution in [0.4, 0.5) is 13.6 Å². The first-order valence-corrected chi connectivity index (χ1v) is 13.9. The Morgan fingerprint density at radius 1 is 1.10 bits per heavy atom. The highest BCUT2D eigenvalue weighted by Gasteiger charge is 2.34. The minimum Gasteiger partial charge on any atom is -0.466 e. The van der Waals surface area contributed by atoms with Crippen LogP contribution in [0, 0.1) is 11.6 Å². The molecule has 0 saturated carbocycles. The fraction of sp³-hybridized carbons (Fsp3) is 0.452. The third-order valence-corrected chi connectivity index (χ3v) is 7.85. The maximum absolute atomic E-state index is 14.3. The van der Waals surface area contributed by atoms with E-state index in [1.165, 1.54) is 30.7 Å². The van der Waals surface area contributed by atoms with E-state index in [9.17, 15) is 23.2 Å². The number of urea groups is 1. The summed E-state index contributed by atoms with van der Waals surface area (Å²) < 4.78 is 38.1. The molecule has 1 saturated heterocycles. The minimum atomic E-state index is -1.23. The predicted octanol–water partition coefficient (Wildman–Crippen LogP) is 3.91. The average Bonchev–Trinajstić information content (AvgIpc) is 3.00. The van der Waals surface area contributed by atoms with E-state index >= 15 is 0 Å². The monoisotopic (exact) mass is 586 g/mol. The second-order valence-electron chi connectivity index (χ2n) is 10.6. The number of carbonyl (C=O) groups is 3. The molecule has 0 radical (unpaired) electrons. The molecule has 3 rings (SSSR count). The number of likely N-dealkylation sites (N-methyl/N-ethyl adjacent to an activating group) is 1. The van der Waals surface area contributed by atoms with Gasteiger partial charge in [-0.15, -0.1) is 0 Å². The van der Waals surface area contributed by atoms with Crippen LogP contribution in [0.2, 0.25) is 0 Å². The molecule has 3 amide bonds. The zero-order valence-corrected chi connectivity index (χ0v) is 24.6. The highest BCUT2D eigenvalue weighted by molar-refractivity contribution is 5.92. The first-order valence-electron chi connectivity index (χ1n) is 13.9. The number of amides is 3. The van der Waals surface area contributed by atoms with Gasteiger partial charge in [-0.25, -0.2) is 18.4 Å². The van der Waals surface area contributed by atoms with Crippen molar-refractivity contribution >= 4 is 18.4 Å². The number of benzene rings is 2. The zero-order chi connectivity index (χ0) is 30.7. The molecule has 0 spiro atoms. The summed E-state index contributed by atoms with van der Waals surface area (Å²) in [6.45, 7) is 5.16. The van der Waals surface area contributed by atoms with Gasteiger partial charge in [0, 0.05) is 20.7 Å². The van der Waals surface area contributed by atoms with Gasteiger partial charge in [0.05, 0.1) is 31.0 Å². The van der Waals surface area contributed by atoms with Crippen LogP contribution in [-0.2, 0) is 24.5 Å².